The number of nitrogens with two attached hydrogens (primary N) is 1. The Morgan fingerprint density at radius 2 is 1.83 bits per heavy atom. The van der Waals surface area contributed by atoms with Crippen molar-refractivity contribution in [3.05, 3.63) is 59.0 Å². The van der Waals surface area contributed by atoms with Crippen LogP contribution in [0.1, 0.15) is 20.0 Å². The maximum atomic E-state index is 12.8. The maximum Gasteiger partial charge on any atom is 0.337 e. The van der Waals surface area contributed by atoms with Crippen molar-refractivity contribution in [1.29, 1.82) is 0 Å². The molecule has 3 N–H and O–H groups in total. The third-order valence-electron chi connectivity index (χ3n) is 4.49. The van der Waals surface area contributed by atoms with Gasteiger partial charge in [-0.05, 0) is 48.5 Å². The Labute approximate surface area is 170 Å². The molecule has 8 heteroatoms. The Hall–Kier alpha value is -3.65. The van der Waals surface area contributed by atoms with Crippen LogP contribution < -0.4 is 15.8 Å². The Kier molecular flexibility index (Phi) is 4.77. The van der Waals surface area contributed by atoms with E-state index in [1.165, 1.54) is 18.4 Å². The van der Waals surface area contributed by atoms with E-state index >= 15 is 0 Å². The number of thiophene rings is 1. The van der Waals surface area contributed by atoms with Gasteiger partial charge in [-0.15, -0.1) is 11.3 Å². The lowest BCUT2D eigenvalue weighted by Gasteiger charge is -2.05. The summed E-state index contributed by atoms with van der Waals surface area (Å²) in [7, 11) is 2.92. The SMILES string of the molecule is COC(=O)c1ccc(NC(=O)c2sc3nc4ccc(OC)cc4cc3c2N)cc1. The highest BCUT2D eigenvalue weighted by Gasteiger charge is 2.18. The Balaban J connectivity index is 1.66. The zero-order chi connectivity index (χ0) is 20.5. The predicted octanol–water partition coefficient (Wildman–Crippen LogP) is 4.08. The highest BCUT2D eigenvalue weighted by atomic mass is 32.1. The van der Waals surface area contributed by atoms with E-state index < -0.39 is 5.97 Å². The molecule has 0 radical (unpaired) electrons. The lowest BCUT2D eigenvalue weighted by Crippen LogP contribution is -2.12. The molecule has 4 aromatic rings. The number of pyridine rings is 1. The van der Waals surface area contributed by atoms with Crippen molar-refractivity contribution >= 4 is 55.7 Å². The van der Waals surface area contributed by atoms with E-state index in [0.29, 0.717) is 26.6 Å². The first-order chi connectivity index (χ1) is 14.0. The van der Waals surface area contributed by atoms with Crippen LogP contribution in [0, 0.1) is 0 Å². The Bertz CT molecular complexity index is 1250. The molecule has 0 fully saturated rings. The number of nitrogens with zero attached hydrogens (tertiary/aromatic N) is 1. The fourth-order valence-electron chi connectivity index (χ4n) is 2.97. The summed E-state index contributed by atoms with van der Waals surface area (Å²) in [5.74, 6) is -0.0508. The maximum absolute atomic E-state index is 12.8. The first-order valence-corrected chi connectivity index (χ1v) is 9.48. The van der Waals surface area contributed by atoms with Crippen molar-refractivity contribution in [2.24, 2.45) is 0 Å². The van der Waals surface area contributed by atoms with Crippen LogP contribution in [0.2, 0.25) is 0 Å². The predicted molar refractivity (Wildman–Crippen MR) is 114 cm³/mol. The number of methoxy groups -OCH3 is 2. The van der Waals surface area contributed by atoms with Crippen LogP contribution in [-0.2, 0) is 4.74 Å². The number of aromatic nitrogens is 1. The highest BCUT2D eigenvalue weighted by molar-refractivity contribution is 7.21. The van der Waals surface area contributed by atoms with Crippen LogP contribution in [0.15, 0.2) is 48.5 Å². The summed E-state index contributed by atoms with van der Waals surface area (Å²) in [5, 5.41) is 4.40. The van der Waals surface area contributed by atoms with E-state index in [-0.39, 0.29) is 5.91 Å². The number of fused-ring (bicyclic) bond motifs is 2. The molecule has 2 aromatic heterocycles. The zero-order valence-electron chi connectivity index (χ0n) is 15.7. The smallest absolute Gasteiger partial charge is 0.337 e. The second kappa shape index (κ2) is 7.40. The van der Waals surface area contributed by atoms with Crippen molar-refractivity contribution in [2.75, 3.05) is 25.3 Å². The van der Waals surface area contributed by atoms with Gasteiger partial charge in [0.1, 0.15) is 15.5 Å². The summed E-state index contributed by atoms with van der Waals surface area (Å²) in [6.45, 7) is 0. The van der Waals surface area contributed by atoms with E-state index in [9.17, 15) is 9.59 Å². The molecule has 0 aliphatic carbocycles. The van der Waals surface area contributed by atoms with Gasteiger partial charge in [-0.1, -0.05) is 0 Å². The van der Waals surface area contributed by atoms with Crippen LogP contribution >= 0.6 is 11.3 Å². The van der Waals surface area contributed by atoms with Gasteiger partial charge in [0.25, 0.3) is 5.91 Å². The van der Waals surface area contributed by atoms with Gasteiger partial charge in [0.05, 0.1) is 31.0 Å². The highest BCUT2D eigenvalue weighted by Crippen LogP contribution is 2.35. The number of carbonyl (C=O) groups is 2. The summed E-state index contributed by atoms with van der Waals surface area (Å²) in [5.41, 5.74) is 8.38. The monoisotopic (exact) mass is 407 g/mol. The van der Waals surface area contributed by atoms with Crippen LogP contribution in [0.5, 0.6) is 5.75 Å². The van der Waals surface area contributed by atoms with Crippen molar-refractivity contribution in [3.8, 4) is 5.75 Å². The first-order valence-electron chi connectivity index (χ1n) is 8.66. The molecule has 2 aromatic carbocycles. The summed E-state index contributed by atoms with van der Waals surface area (Å²) >= 11 is 1.23. The minimum absolute atomic E-state index is 0.335. The molecule has 0 saturated carbocycles. The molecular weight excluding hydrogens is 390 g/mol. The topological polar surface area (TPSA) is 104 Å². The second-order valence-electron chi connectivity index (χ2n) is 6.27. The largest absolute Gasteiger partial charge is 0.497 e. The summed E-state index contributed by atoms with van der Waals surface area (Å²) in [6, 6.07) is 13.9. The zero-order valence-corrected chi connectivity index (χ0v) is 16.5. The molecule has 146 valence electrons. The molecule has 0 bridgehead atoms. The standard InChI is InChI=1S/C21H17N3O4S/c1-27-14-7-8-16-12(9-14)10-15-17(22)18(29-20(15)24-16)19(25)23-13-5-3-11(4-6-13)21(26)28-2/h3-10H,22H2,1-2H3,(H,23,25). The van der Waals surface area contributed by atoms with Crippen LogP contribution in [0.4, 0.5) is 11.4 Å². The minimum Gasteiger partial charge on any atom is -0.497 e. The normalized spacial score (nSPS) is 10.8. The van der Waals surface area contributed by atoms with E-state index in [4.69, 9.17) is 10.5 Å². The molecule has 0 atom stereocenters. The van der Waals surface area contributed by atoms with E-state index in [1.54, 1.807) is 31.4 Å². The van der Waals surface area contributed by atoms with Crippen molar-refractivity contribution in [2.45, 2.75) is 0 Å². The second-order valence-corrected chi connectivity index (χ2v) is 7.27. The molecule has 0 aliphatic heterocycles. The summed E-state index contributed by atoms with van der Waals surface area (Å²) < 4.78 is 9.92. The van der Waals surface area contributed by atoms with E-state index in [0.717, 1.165) is 22.0 Å². The fourth-order valence-corrected chi connectivity index (χ4v) is 3.95. The summed E-state index contributed by atoms with van der Waals surface area (Å²) in [4.78, 5) is 29.9. The fraction of sp³-hybridized carbons (Fsp3) is 0.0952. The number of anilines is 2. The van der Waals surface area contributed by atoms with Gasteiger partial charge in [-0.25, -0.2) is 9.78 Å². The molecule has 0 saturated heterocycles. The number of esters is 1. The van der Waals surface area contributed by atoms with Gasteiger partial charge in [0.15, 0.2) is 0 Å². The lowest BCUT2D eigenvalue weighted by atomic mass is 10.1. The third-order valence-corrected chi connectivity index (χ3v) is 5.60. The van der Waals surface area contributed by atoms with Gasteiger partial charge in [0, 0.05) is 16.5 Å². The third kappa shape index (κ3) is 3.45. The molecule has 0 spiro atoms. The first kappa shape index (κ1) is 18.7. The molecule has 29 heavy (non-hydrogen) atoms. The molecule has 1 amide bonds. The van der Waals surface area contributed by atoms with Crippen molar-refractivity contribution in [3.63, 3.8) is 0 Å². The number of hydrogen-bond acceptors (Lipinski definition) is 7. The van der Waals surface area contributed by atoms with Crippen LogP contribution in [0.3, 0.4) is 0 Å². The molecule has 0 unspecified atom stereocenters. The summed E-state index contributed by atoms with van der Waals surface area (Å²) in [6.07, 6.45) is 0. The molecular formula is C21H17N3O4S. The van der Waals surface area contributed by atoms with E-state index in [1.807, 2.05) is 24.3 Å². The number of nitrogens with one attached hydrogen (secondary N) is 1. The number of nitrogen functional groups attached to an aromatic ring is 1. The lowest BCUT2D eigenvalue weighted by molar-refractivity contribution is 0.0600. The molecule has 2 heterocycles. The van der Waals surface area contributed by atoms with Gasteiger partial charge in [-0.2, -0.15) is 0 Å². The van der Waals surface area contributed by atoms with Gasteiger partial charge in [-0.3, -0.25) is 4.79 Å². The molecule has 0 aliphatic rings. The number of benzene rings is 2. The molecule has 4 rings (SSSR count). The van der Waals surface area contributed by atoms with Crippen molar-refractivity contribution < 1.29 is 19.1 Å². The average Bonchev–Trinajstić information content (AvgIpc) is 3.07. The van der Waals surface area contributed by atoms with Crippen LogP contribution in [-0.4, -0.2) is 31.1 Å². The quantitative estimate of drug-likeness (QED) is 0.494. The number of amides is 1. The van der Waals surface area contributed by atoms with Crippen molar-refractivity contribution in [1.82, 2.24) is 4.98 Å². The number of rotatable bonds is 4. The average molecular weight is 407 g/mol. The van der Waals surface area contributed by atoms with Gasteiger partial charge < -0.3 is 20.5 Å². The Morgan fingerprint density at radius 3 is 2.52 bits per heavy atom. The Morgan fingerprint density at radius 1 is 1.07 bits per heavy atom. The number of hydrogen-bond donors (Lipinski definition) is 2. The van der Waals surface area contributed by atoms with Gasteiger partial charge in [0.2, 0.25) is 0 Å². The number of carbonyl (C=O) groups excluding carboxylic acids is 2. The van der Waals surface area contributed by atoms with Gasteiger partial charge >= 0.3 is 5.97 Å². The number of ether oxygens (including phenoxy) is 2. The van der Waals surface area contributed by atoms with Crippen LogP contribution in [0.25, 0.3) is 21.1 Å². The minimum atomic E-state index is -0.439. The van der Waals surface area contributed by atoms with E-state index in [2.05, 4.69) is 15.0 Å². The molecule has 7 nitrogen and oxygen atoms in total.